The van der Waals surface area contributed by atoms with Crippen LogP contribution in [0.15, 0.2) is 24.3 Å². The summed E-state index contributed by atoms with van der Waals surface area (Å²) in [4.78, 5) is 15.1. The number of hydrogen-bond donors (Lipinski definition) is 2. The van der Waals surface area contributed by atoms with E-state index < -0.39 is 11.6 Å². The molecule has 128 valence electrons. The highest BCUT2D eigenvalue weighted by Gasteiger charge is 2.60. The first-order valence-electron chi connectivity index (χ1n) is 9.35. The molecule has 0 spiro atoms. The number of benzene rings is 1. The number of hydrogen-bond acceptors (Lipinski definition) is 3. The number of para-hydroxylation sites is 1. The van der Waals surface area contributed by atoms with Gasteiger partial charge in [-0.25, -0.2) is 0 Å². The summed E-state index contributed by atoms with van der Waals surface area (Å²) in [7, 11) is 0. The van der Waals surface area contributed by atoms with Crippen LogP contribution in [-0.4, -0.2) is 29.2 Å². The molecule has 4 aliphatic carbocycles. The Labute approximate surface area is 143 Å². The van der Waals surface area contributed by atoms with Crippen LogP contribution in [-0.2, 0) is 11.2 Å². The van der Waals surface area contributed by atoms with Gasteiger partial charge >= 0.3 is 0 Å². The molecule has 3 N–H and O–H groups in total. The lowest BCUT2D eigenvalue weighted by Gasteiger charge is -2.61. The topological polar surface area (TPSA) is 66.6 Å². The van der Waals surface area contributed by atoms with Crippen molar-refractivity contribution in [2.24, 2.45) is 23.0 Å². The lowest BCUT2D eigenvalue weighted by molar-refractivity contribution is -0.173. The van der Waals surface area contributed by atoms with Crippen LogP contribution in [0.3, 0.4) is 0 Å². The average Bonchev–Trinajstić information content (AvgIpc) is 2.95. The monoisotopic (exact) mass is 326 g/mol. The largest absolute Gasteiger partial charge is 0.390 e. The third-order valence-electron chi connectivity index (χ3n) is 7.15. The molecule has 24 heavy (non-hydrogen) atoms. The molecule has 4 heteroatoms. The Balaban J connectivity index is 1.44. The molecule has 1 aliphatic heterocycles. The fraction of sp³-hybridized carbons (Fsp3) is 0.650. The zero-order chi connectivity index (χ0) is 16.5. The summed E-state index contributed by atoms with van der Waals surface area (Å²) in [6.07, 6.45) is 6.73. The van der Waals surface area contributed by atoms with E-state index in [0.29, 0.717) is 11.8 Å². The van der Waals surface area contributed by atoms with Gasteiger partial charge in [-0.2, -0.15) is 0 Å². The average molecular weight is 326 g/mol. The zero-order valence-corrected chi connectivity index (χ0v) is 14.1. The fourth-order valence-corrected chi connectivity index (χ4v) is 6.65. The SMILES string of the molecule is N[C@H](C(=O)N1CCc2ccccc21)C12CC3CC(CC(O)(C3)C1)C2. The van der Waals surface area contributed by atoms with Crippen molar-refractivity contribution in [3.63, 3.8) is 0 Å². The van der Waals surface area contributed by atoms with Crippen LogP contribution in [0, 0.1) is 17.3 Å². The number of amides is 1. The molecule has 0 saturated heterocycles. The molecule has 5 aliphatic rings. The third kappa shape index (κ3) is 2.02. The maximum atomic E-state index is 13.2. The van der Waals surface area contributed by atoms with Gasteiger partial charge in [-0.1, -0.05) is 18.2 Å². The van der Waals surface area contributed by atoms with Gasteiger partial charge in [0.25, 0.3) is 0 Å². The molecule has 4 nitrogen and oxygen atoms in total. The Morgan fingerprint density at radius 3 is 2.62 bits per heavy atom. The van der Waals surface area contributed by atoms with Gasteiger partial charge in [-0.15, -0.1) is 0 Å². The minimum Gasteiger partial charge on any atom is -0.390 e. The minimum absolute atomic E-state index is 0.0606. The van der Waals surface area contributed by atoms with E-state index in [1.807, 2.05) is 23.1 Å². The highest BCUT2D eigenvalue weighted by molar-refractivity contribution is 5.99. The minimum atomic E-state index is -0.565. The summed E-state index contributed by atoms with van der Waals surface area (Å²) in [5.41, 5.74) is 8.13. The third-order valence-corrected chi connectivity index (χ3v) is 7.15. The van der Waals surface area contributed by atoms with Crippen LogP contribution < -0.4 is 10.6 Å². The van der Waals surface area contributed by atoms with Gasteiger partial charge in [-0.05, 0) is 73.8 Å². The summed E-state index contributed by atoms with van der Waals surface area (Å²) in [6.45, 7) is 0.735. The quantitative estimate of drug-likeness (QED) is 0.876. The van der Waals surface area contributed by atoms with Gasteiger partial charge < -0.3 is 15.7 Å². The molecular formula is C20H26N2O2. The van der Waals surface area contributed by atoms with Crippen molar-refractivity contribution >= 4 is 11.6 Å². The molecule has 6 rings (SSSR count). The van der Waals surface area contributed by atoms with E-state index >= 15 is 0 Å². The number of aliphatic hydroxyl groups is 1. The van der Waals surface area contributed by atoms with Crippen molar-refractivity contribution in [2.45, 2.75) is 56.6 Å². The van der Waals surface area contributed by atoms with Crippen LogP contribution in [0.1, 0.15) is 44.1 Å². The second kappa shape index (κ2) is 4.83. The standard InChI is InChI=1S/C20H26N2O2/c21-17(18(23)22-6-5-15-3-1-2-4-16(15)22)19-8-13-7-14(9-19)11-20(24,10-13)12-19/h1-4,13-14,17,24H,5-12,21H2/t13?,14?,17-,19?,20?/m1/s1. The Morgan fingerprint density at radius 1 is 1.21 bits per heavy atom. The summed E-state index contributed by atoms with van der Waals surface area (Å²) in [6, 6.07) is 7.66. The molecule has 4 bridgehead atoms. The second-order valence-electron chi connectivity index (χ2n) is 8.89. The van der Waals surface area contributed by atoms with Crippen LogP contribution in [0.25, 0.3) is 0 Å². The van der Waals surface area contributed by atoms with Gasteiger partial charge in [0, 0.05) is 12.2 Å². The van der Waals surface area contributed by atoms with E-state index in [-0.39, 0.29) is 11.3 Å². The lowest BCUT2D eigenvalue weighted by atomic mass is 9.46. The van der Waals surface area contributed by atoms with Crippen molar-refractivity contribution in [1.82, 2.24) is 0 Å². The van der Waals surface area contributed by atoms with E-state index in [9.17, 15) is 9.90 Å². The Bertz CT molecular complexity index is 687. The zero-order valence-electron chi connectivity index (χ0n) is 14.1. The van der Waals surface area contributed by atoms with E-state index in [0.717, 1.165) is 50.8 Å². The number of carbonyl (C=O) groups excluding carboxylic acids is 1. The molecule has 1 amide bonds. The molecule has 2 unspecified atom stereocenters. The van der Waals surface area contributed by atoms with Gasteiger partial charge in [-0.3, -0.25) is 4.79 Å². The highest BCUT2D eigenvalue weighted by atomic mass is 16.3. The molecule has 0 aromatic heterocycles. The summed E-state index contributed by atoms with van der Waals surface area (Å²) in [5.74, 6) is 1.17. The van der Waals surface area contributed by atoms with Gasteiger partial charge in [0.2, 0.25) is 5.91 Å². The Hall–Kier alpha value is -1.39. The second-order valence-corrected chi connectivity index (χ2v) is 8.89. The summed E-state index contributed by atoms with van der Waals surface area (Å²) >= 11 is 0. The molecule has 1 heterocycles. The van der Waals surface area contributed by atoms with Crippen molar-refractivity contribution in [3.05, 3.63) is 29.8 Å². The molecule has 1 aromatic carbocycles. The lowest BCUT2D eigenvalue weighted by Crippen LogP contribution is -2.64. The maximum absolute atomic E-state index is 13.2. The molecule has 0 radical (unpaired) electrons. The first kappa shape index (κ1) is 14.9. The van der Waals surface area contributed by atoms with Crippen LogP contribution in [0.2, 0.25) is 0 Å². The number of nitrogens with zero attached hydrogens (tertiary/aromatic N) is 1. The first-order valence-corrected chi connectivity index (χ1v) is 9.35. The Morgan fingerprint density at radius 2 is 1.92 bits per heavy atom. The molecular weight excluding hydrogens is 300 g/mol. The molecule has 3 atom stereocenters. The normalized spacial score (nSPS) is 40.7. The Kier molecular flexibility index (Phi) is 3.00. The van der Waals surface area contributed by atoms with Gasteiger partial charge in [0.1, 0.15) is 0 Å². The van der Waals surface area contributed by atoms with Crippen molar-refractivity contribution in [2.75, 3.05) is 11.4 Å². The molecule has 4 fully saturated rings. The number of fused-ring (bicyclic) bond motifs is 1. The number of anilines is 1. The van der Waals surface area contributed by atoms with Crippen molar-refractivity contribution in [3.8, 4) is 0 Å². The van der Waals surface area contributed by atoms with E-state index in [1.54, 1.807) is 0 Å². The van der Waals surface area contributed by atoms with Crippen LogP contribution in [0.4, 0.5) is 5.69 Å². The summed E-state index contributed by atoms with van der Waals surface area (Å²) in [5, 5.41) is 10.9. The first-order chi connectivity index (χ1) is 11.5. The number of nitrogens with two attached hydrogens (primary N) is 1. The van der Waals surface area contributed by atoms with Crippen LogP contribution in [0.5, 0.6) is 0 Å². The highest BCUT2D eigenvalue weighted by Crippen LogP contribution is 2.62. The summed E-state index contributed by atoms with van der Waals surface area (Å²) < 4.78 is 0. The molecule has 1 aromatic rings. The van der Waals surface area contributed by atoms with E-state index in [1.165, 1.54) is 12.0 Å². The maximum Gasteiger partial charge on any atom is 0.244 e. The number of carbonyl (C=O) groups is 1. The predicted octanol–water partition coefficient (Wildman–Crippen LogP) is 2.23. The number of rotatable bonds is 2. The predicted molar refractivity (Wildman–Crippen MR) is 92.5 cm³/mol. The van der Waals surface area contributed by atoms with E-state index in [4.69, 9.17) is 5.73 Å². The van der Waals surface area contributed by atoms with E-state index in [2.05, 4.69) is 6.07 Å². The molecule has 4 saturated carbocycles. The van der Waals surface area contributed by atoms with Crippen molar-refractivity contribution in [1.29, 1.82) is 0 Å². The van der Waals surface area contributed by atoms with Gasteiger partial charge in [0.05, 0.1) is 11.6 Å². The van der Waals surface area contributed by atoms with Gasteiger partial charge in [0.15, 0.2) is 0 Å². The smallest absolute Gasteiger partial charge is 0.244 e. The van der Waals surface area contributed by atoms with Crippen LogP contribution >= 0.6 is 0 Å². The fourth-order valence-electron chi connectivity index (χ4n) is 6.65. The van der Waals surface area contributed by atoms with Crippen molar-refractivity contribution < 1.29 is 9.90 Å².